The van der Waals surface area contributed by atoms with Crippen molar-refractivity contribution in [2.75, 3.05) is 33.7 Å². The summed E-state index contributed by atoms with van der Waals surface area (Å²) in [5.74, 6) is 0.210. The van der Waals surface area contributed by atoms with Gasteiger partial charge in [0.2, 0.25) is 5.91 Å². The van der Waals surface area contributed by atoms with Crippen LogP contribution in [-0.4, -0.2) is 65.4 Å². The third-order valence-electron chi connectivity index (χ3n) is 5.25. The molecule has 3 rings (SSSR count). The summed E-state index contributed by atoms with van der Waals surface area (Å²) >= 11 is 0. The molecule has 7 nitrogen and oxygen atoms in total. The van der Waals surface area contributed by atoms with Crippen molar-refractivity contribution in [1.82, 2.24) is 30.6 Å². The molecule has 7 heteroatoms. The predicted molar refractivity (Wildman–Crippen MR) is 88.3 cm³/mol. The number of carbonyl (C=O) groups excluding carboxylic acids is 1. The van der Waals surface area contributed by atoms with Gasteiger partial charge >= 0.3 is 0 Å². The van der Waals surface area contributed by atoms with Crippen molar-refractivity contribution in [2.45, 2.75) is 32.4 Å². The molecule has 128 valence electrons. The number of likely N-dealkylation sites (tertiary alicyclic amines) is 1. The molecule has 0 saturated carbocycles. The fourth-order valence-electron chi connectivity index (χ4n) is 4.10. The first kappa shape index (κ1) is 16.4. The zero-order valence-electron chi connectivity index (χ0n) is 14.3. The summed E-state index contributed by atoms with van der Waals surface area (Å²) in [7, 11) is 3.68. The van der Waals surface area contributed by atoms with Crippen molar-refractivity contribution in [3.63, 3.8) is 0 Å². The van der Waals surface area contributed by atoms with Crippen LogP contribution in [0.4, 0.5) is 0 Å². The molecule has 0 aromatic carbocycles. The molecule has 1 aromatic heterocycles. The predicted octanol–water partition coefficient (Wildman–Crippen LogP) is 0.193. The van der Waals surface area contributed by atoms with Gasteiger partial charge in [0.15, 0.2) is 0 Å². The summed E-state index contributed by atoms with van der Waals surface area (Å²) in [5.41, 5.74) is 7.82. The largest absolute Gasteiger partial charge is 0.348 e. The van der Waals surface area contributed by atoms with Crippen LogP contribution in [0.2, 0.25) is 0 Å². The number of aromatic amines is 1. The van der Waals surface area contributed by atoms with Gasteiger partial charge in [0.25, 0.3) is 0 Å². The Hall–Kier alpha value is -1.44. The summed E-state index contributed by atoms with van der Waals surface area (Å²) in [5, 5.41) is 0. The second kappa shape index (κ2) is 6.59. The molecule has 1 amide bonds. The summed E-state index contributed by atoms with van der Waals surface area (Å²) < 4.78 is 0. The number of H-pyrrole nitrogens is 1. The van der Waals surface area contributed by atoms with Gasteiger partial charge in [-0.1, -0.05) is 6.92 Å². The number of imidazole rings is 1. The van der Waals surface area contributed by atoms with E-state index in [2.05, 4.69) is 32.6 Å². The third kappa shape index (κ3) is 3.41. The number of nitrogens with zero attached hydrogens (tertiary/aromatic N) is 3. The Labute approximate surface area is 137 Å². The minimum absolute atomic E-state index is 0.00195. The van der Waals surface area contributed by atoms with E-state index < -0.39 is 0 Å². The zero-order chi connectivity index (χ0) is 16.4. The standard InChI is InChI=1S/C16H28N6O/c1-16(14-13(8-19-20-14)15(23)21(2)3)5-4-6-22(10-16)9-12-7-17-11-18-12/h7,11,13-14,19-20H,4-6,8-10H2,1-3H3,(H,17,18). The van der Waals surface area contributed by atoms with E-state index in [1.807, 2.05) is 20.3 Å². The number of piperidine rings is 1. The number of carbonyl (C=O) groups is 1. The molecule has 2 saturated heterocycles. The number of rotatable bonds is 4. The molecule has 0 bridgehead atoms. The van der Waals surface area contributed by atoms with Gasteiger partial charge in [0, 0.05) is 51.7 Å². The highest BCUT2D eigenvalue weighted by Gasteiger charge is 2.47. The second-order valence-electron chi connectivity index (χ2n) is 7.39. The quantitative estimate of drug-likeness (QED) is 0.738. The monoisotopic (exact) mass is 320 g/mol. The smallest absolute Gasteiger partial charge is 0.228 e. The van der Waals surface area contributed by atoms with Crippen molar-refractivity contribution in [2.24, 2.45) is 11.3 Å². The summed E-state index contributed by atoms with van der Waals surface area (Å²) in [6.45, 7) is 6.00. The van der Waals surface area contributed by atoms with Crippen molar-refractivity contribution in [1.29, 1.82) is 0 Å². The van der Waals surface area contributed by atoms with Gasteiger partial charge in [-0.25, -0.2) is 4.98 Å². The molecule has 0 radical (unpaired) electrons. The second-order valence-corrected chi connectivity index (χ2v) is 7.39. The van der Waals surface area contributed by atoms with Crippen molar-refractivity contribution >= 4 is 5.91 Å². The molecule has 0 aliphatic carbocycles. The normalized spacial score (nSPS) is 32.1. The van der Waals surface area contributed by atoms with Gasteiger partial charge in [0.05, 0.1) is 12.2 Å². The summed E-state index contributed by atoms with van der Waals surface area (Å²) in [4.78, 5) is 24.0. The Morgan fingerprint density at radius 2 is 2.35 bits per heavy atom. The Kier molecular flexibility index (Phi) is 4.70. The van der Waals surface area contributed by atoms with E-state index in [1.165, 1.54) is 0 Å². The van der Waals surface area contributed by atoms with E-state index >= 15 is 0 Å². The first-order chi connectivity index (χ1) is 11.0. The van der Waals surface area contributed by atoms with Crippen LogP contribution in [0.1, 0.15) is 25.5 Å². The number of aromatic nitrogens is 2. The first-order valence-electron chi connectivity index (χ1n) is 8.39. The summed E-state index contributed by atoms with van der Waals surface area (Å²) in [6.07, 6.45) is 5.92. The van der Waals surface area contributed by atoms with Gasteiger partial charge in [-0.2, -0.15) is 0 Å². The lowest BCUT2D eigenvalue weighted by molar-refractivity contribution is -0.134. The molecule has 0 spiro atoms. The van der Waals surface area contributed by atoms with E-state index in [0.29, 0.717) is 6.54 Å². The molecule has 3 unspecified atom stereocenters. The highest BCUT2D eigenvalue weighted by Crippen LogP contribution is 2.38. The molecule has 1 aromatic rings. The van der Waals surface area contributed by atoms with E-state index in [9.17, 15) is 4.79 Å². The highest BCUT2D eigenvalue weighted by atomic mass is 16.2. The zero-order valence-corrected chi connectivity index (χ0v) is 14.3. The van der Waals surface area contributed by atoms with Crippen molar-refractivity contribution < 1.29 is 4.79 Å². The van der Waals surface area contributed by atoms with Crippen LogP contribution in [-0.2, 0) is 11.3 Å². The average molecular weight is 320 g/mol. The third-order valence-corrected chi connectivity index (χ3v) is 5.25. The van der Waals surface area contributed by atoms with Gasteiger partial charge in [0.1, 0.15) is 0 Å². The SMILES string of the molecule is CN(C)C(=O)C1CNNC1C1(C)CCCN(Cc2cnc[nH]2)C1. The number of hydrogen-bond donors (Lipinski definition) is 3. The Morgan fingerprint density at radius 3 is 3.04 bits per heavy atom. The molecule has 3 heterocycles. The lowest BCUT2D eigenvalue weighted by Gasteiger charge is -2.45. The number of amides is 1. The lowest BCUT2D eigenvalue weighted by Crippen LogP contribution is -2.55. The van der Waals surface area contributed by atoms with Crippen LogP contribution in [0.15, 0.2) is 12.5 Å². The highest BCUT2D eigenvalue weighted by molar-refractivity contribution is 5.79. The van der Waals surface area contributed by atoms with Crippen LogP contribution in [0.3, 0.4) is 0 Å². The van der Waals surface area contributed by atoms with Crippen LogP contribution in [0.5, 0.6) is 0 Å². The van der Waals surface area contributed by atoms with Crippen LogP contribution >= 0.6 is 0 Å². The van der Waals surface area contributed by atoms with E-state index in [4.69, 9.17) is 0 Å². The Morgan fingerprint density at radius 1 is 1.52 bits per heavy atom. The van der Waals surface area contributed by atoms with Crippen LogP contribution < -0.4 is 10.9 Å². The maximum Gasteiger partial charge on any atom is 0.228 e. The fourth-order valence-corrected chi connectivity index (χ4v) is 4.10. The number of nitrogens with one attached hydrogen (secondary N) is 3. The molecule has 2 fully saturated rings. The maximum absolute atomic E-state index is 12.5. The van der Waals surface area contributed by atoms with Crippen molar-refractivity contribution in [3.8, 4) is 0 Å². The lowest BCUT2D eigenvalue weighted by atomic mass is 9.71. The molecular weight excluding hydrogens is 292 g/mol. The fraction of sp³-hybridized carbons (Fsp3) is 0.750. The van der Waals surface area contributed by atoms with Gasteiger partial charge in [-0.05, 0) is 24.8 Å². The topological polar surface area (TPSA) is 76.3 Å². The van der Waals surface area contributed by atoms with Gasteiger partial charge in [-0.3, -0.25) is 20.5 Å². The van der Waals surface area contributed by atoms with E-state index in [1.54, 1.807) is 11.2 Å². The van der Waals surface area contributed by atoms with E-state index in [0.717, 1.165) is 38.2 Å². The van der Waals surface area contributed by atoms with Gasteiger partial charge < -0.3 is 9.88 Å². The van der Waals surface area contributed by atoms with Gasteiger partial charge in [-0.15, -0.1) is 0 Å². The minimum Gasteiger partial charge on any atom is -0.348 e. The molecule has 3 atom stereocenters. The van der Waals surface area contributed by atoms with E-state index in [-0.39, 0.29) is 23.3 Å². The minimum atomic E-state index is 0.00195. The molecular formula is C16H28N6O. The number of hydrazine groups is 1. The Balaban J connectivity index is 1.70. The van der Waals surface area contributed by atoms with Crippen LogP contribution in [0.25, 0.3) is 0 Å². The van der Waals surface area contributed by atoms with Crippen LogP contribution in [0, 0.1) is 11.3 Å². The molecule has 23 heavy (non-hydrogen) atoms. The van der Waals surface area contributed by atoms with Crippen molar-refractivity contribution in [3.05, 3.63) is 18.2 Å². The average Bonchev–Trinajstić information content (AvgIpc) is 3.17. The molecule has 2 aliphatic rings. The Bertz CT molecular complexity index is 531. The number of hydrogen-bond acceptors (Lipinski definition) is 5. The first-order valence-corrected chi connectivity index (χ1v) is 8.39. The molecule has 2 aliphatic heterocycles. The maximum atomic E-state index is 12.5. The summed E-state index contributed by atoms with van der Waals surface area (Å²) in [6, 6.07) is 0.168. The molecule has 3 N–H and O–H groups in total.